The Morgan fingerprint density at radius 3 is 2.91 bits per heavy atom. The summed E-state index contributed by atoms with van der Waals surface area (Å²) >= 11 is 7.42. The number of ether oxygens (including phenoxy) is 1. The molecule has 6 nitrogen and oxygen atoms in total. The van der Waals surface area contributed by atoms with E-state index in [9.17, 15) is 4.79 Å². The summed E-state index contributed by atoms with van der Waals surface area (Å²) in [5.74, 6) is 0.672. The van der Waals surface area contributed by atoms with Gasteiger partial charge in [0.05, 0.1) is 6.04 Å². The number of halogens is 1. The molecule has 1 N–H and O–H groups in total. The number of hydrogen-bond donors (Lipinski definition) is 1. The Kier molecular flexibility index (Phi) is 5.97. The molecule has 1 aromatic rings. The molecule has 0 unspecified atom stereocenters. The third kappa shape index (κ3) is 5.42. The Morgan fingerprint density at radius 1 is 1.52 bits per heavy atom. The van der Waals surface area contributed by atoms with E-state index in [-0.39, 0.29) is 12.1 Å². The molecule has 0 spiro atoms. The Morgan fingerprint density at radius 2 is 2.26 bits per heavy atom. The van der Waals surface area contributed by atoms with Crippen LogP contribution in [0.3, 0.4) is 0 Å². The molecule has 1 atom stereocenters. The quantitative estimate of drug-likeness (QED) is 0.503. The molecule has 1 aliphatic rings. The fourth-order valence-corrected chi connectivity index (χ4v) is 3.02. The van der Waals surface area contributed by atoms with Crippen molar-refractivity contribution in [1.29, 1.82) is 0 Å². The van der Waals surface area contributed by atoms with E-state index in [1.165, 1.54) is 11.8 Å². The number of nitrogens with one attached hydrogen (secondary N) is 1. The lowest BCUT2D eigenvalue weighted by atomic mass is 10.2. The van der Waals surface area contributed by atoms with Crippen LogP contribution in [-0.4, -0.2) is 51.9 Å². The van der Waals surface area contributed by atoms with E-state index < -0.39 is 5.60 Å². The van der Waals surface area contributed by atoms with Crippen LogP contribution in [0.2, 0.25) is 5.15 Å². The van der Waals surface area contributed by atoms with Gasteiger partial charge in [0, 0.05) is 19.2 Å². The summed E-state index contributed by atoms with van der Waals surface area (Å²) in [5, 5.41) is 4.28. The van der Waals surface area contributed by atoms with Crippen LogP contribution in [0.4, 0.5) is 10.6 Å². The topological polar surface area (TPSA) is 67.4 Å². The molecule has 1 aliphatic heterocycles. The van der Waals surface area contributed by atoms with Crippen molar-refractivity contribution in [2.45, 2.75) is 50.4 Å². The van der Waals surface area contributed by atoms with E-state index in [1.54, 1.807) is 11.0 Å². The summed E-state index contributed by atoms with van der Waals surface area (Å²) in [5.41, 5.74) is -0.481. The van der Waals surface area contributed by atoms with Crippen LogP contribution in [0.25, 0.3) is 0 Å². The number of likely N-dealkylation sites (tertiary alicyclic amines) is 1. The number of anilines is 1. The van der Waals surface area contributed by atoms with E-state index in [1.807, 2.05) is 27.0 Å². The lowest BCUT2D eigenvalue weighted by Crippen LogP contribution is -2.42. The monoisotopic (exact) mass is 358 g/mol. The van der Waals surface area contributed by atoms with Gasteiger partial charge in [0.2, 0.25) is 0 Å². The molecule has 1 amide bonds. The van der Waals surface area contributed by atoms with Gasteiger partial charge in [-0.25, -0.2) is 14.8 Å². The highest BCUT2D eigenvalue weighted by Crippen LogP contribution is 2.22. The Labute approximate surface area is 146 Å². The minimum absolute atomic E-state index is 0.0938. The molecule has 1 aromatic heterocycles. The lowest BCUT2D eigenvalue weighted by Gasteiger charge is -2.28. The van der Waals surface area contributed by atoms with Crippen LogP contribution < -0.4 is 5.32 Å². The zero-order chi connectivity index (χ0) is 17.0. The molecule has 1 fully saturated rings. The van der Waals surface area contributed by atoms with Gasteiger partial charge in [-0.2, -0.15) is 0 Å². The number of aromatic nitrogens is 2. The van der Waals surface area contributed by atoms with E-state index in [0.717, 1.165) is 19.4 Å². The van der Waals surface area contributed by atoms with Crippen molar-refractivity contribution in [3.63, 3.8) is 0 Å². The van der Waals surface area contributed by atoms with Gasteiger partial charge in [-0.3, -0.25) is 0 Å². The molecule has 0 radical (unpaired) electrons. The third-order valence-electron chi connectivity index (χ3n) is 3.38. The molecule has 23 heavy (non-hydrogen) atoms. The summed E-state index contributed by atoms with van der Waals surface area (Å²) < 4.78 is 5.47. The van der Waals surface area contributed by atoms with Crippen LogP contribution in [0.15, 0.2) is 11.2 Å². The second-order valence-corrected chi connectivity index (χ2v) is 7.57. The first-order valence-corrected chi connectivity index (χ1v) is 9.21. The zero-order valence-electron chi connectivity index (χ0n) is 13.9. The molecule has 2 rings (SSSR count). The standard InChI is InChI=1S/C15H23ClN4O2S/c1-15(2,3)22-14(21)20-7-5-6-10(20)9-17-12-8-11(16)18-13(19-12)23-4/h8,10H,5-7,9H2,1-4H3,(H,17,18,19)/t10-/m1/s1. The van der Waals surface area contributed by atoms with Crippen LogP contribution >= 0.6 is 23.4 Å². The van der Waals surface area contributed by atoms with Gasteiger partial charge in [-0.1, -0.05) is 23.4 Å². The van der Waals surface area contributed by atoms with E-state index in [4.69, 9.17) is 16.3 Å². The maximum absolute atomic E-state index is 12.3. The normalized spacial score (nSPS) is 18.1. The summed E-state index contributed by atoms with van der Waals surface area (Å²) in [6.07, 6.45) is 3.57. The Balaban J connectivity index is 1.96. The van der Waals surface area contributed by atoms with E-state index in [0.29, 0.717) is 22.7 Å². The van der Waals surface area contributed by atoms with Gasteiger partial charge in [-0.15, -0.1) is 0 Å². The van der Waals surface area contributed by atoms with E-state index >= 15 is 0 Å². The highest BCUT2D eigenvalue weighted by molar-refractivity contribution is 7.98. The third-order valence-corrected chi connectivity index (χ3v) is 4.12. The van der Waals surface area contributed by atoms with Crippen molar-refractivity contribution in [3.05, 3.63) is 11.2 Å². The van der Waals surface area contributed by atoms with Crippen molar-refractivity contribution in [2.24, 2.45) is 0 Å². The zero-order valence-corrected chi connectivity index (χ0v) is 15.5. The smallest absolute Gasteiger partial charge is 0.410 e. The van der Waals surface area contributed by atoms with Gasteiger partial charge in [0.15, 0.2) is 5.16 Å². The number of thioether (sulfide) groups is 1. The predicted octanol–water partition coefficient (Wildman–Crippen LogP) is 3.66. The molecule has 2 heterocycles. The van der Waals surface area contributed by atoms with Gasteiger partial charge in [0.25, 0.3) is 0 Å². The first kappa shape index (κ1) is 18.1. The predicted molar refractivity (Wildman–Crippen MR) is 93.3 cm³/mol. The summed E-state index contributed by atoms with van der Waals surface area (Å²) in [6, 6.07) is 1.78. The van der Waals surface area contributed by atoms with Crippen LogP contribution in [0.5, 0.6) is 0 Å². The molecule has 0 bridgehead atoms. The Bertz CT molecular complexity index is 565. The largest absolute Gasteiger partial charge is 0.444 e. The maximum Gasteiger partial charge on any atom is 0.410 e. The van der Waals surface area contributed by atoms with Crippen LogP contribution in [0.1, 0.15) is 33.6 Å². The fourth-order valence-electron chi connectivity index (χ4n) is 2.41. The van der Waals surface area contributed by atoms with Gasteiger partial charge >= 0.3 is 6.09 Å². The van der Waals surface area contributed by atoms with Gasteiger partial charge in [-0.05, 0) is 39.9 Å². The summed E-state index contributed by atoms with van der Waals surface area (Å²) in [4.78, 5) is 22.5. The maximum atomic E-state index is 12.3. The first-order chi connectivity index (χ1) is 10.8. The molecular weight excluding hydrogens is 336 g/mol. The molecule has 1 saturated heterocycles. The average molecular weight is 359 g/mol. The first-order valence-electron chi connectivity index (χ1n) is 7.60. The number of carbonyl (C=O) groups is 1. The SMILES string of the molecule is CSc1nc(Cl)cc(NC[C@H]2CCCN2C(=O)OC(C)(C)C)n1. The van der Waals surface area contributed by atoms with Crippen molar-refractivity contribution in [2.75, 3.05) is 24.7 Å². The minimum atomic E-state index is -0.481. The van der Waals surface area contributed by atoms with E-state index in [2.05, 4.69) is 15.3 Å². The molecule has 0 saturated carbocycles. The summed E-state index contributed by atoms with van der Waals surface area (Å²) in [7, 11) is 0. The van der Waals surface area contributed by atoms with Crippen LogP contribution in [-0.2, 0) is 4.74 Å². The number of carbonyl (C=O) groups excluding carboxylic acids is 1. The average Bonchev–Trinajstić information content (AvgIpc) is 2.91. The number of amides is 1. The van der Waals surface area contributed by atoms with Gasteiger partial charge < -0.3 is 15.0 Å². The lowest BCUT2D eigenvalue weighted by molar-refractivity contribution is 0.0235. The second kappa shape index (κ2) is 7.57. The highest BCUT2D eigenvalue weighted by Gasteiger charge is 2.32. The Hall–Kier alpha value is -1.21. The van der Waals surface area contributed by atoms with Crippen molar-refractivity contribution >= 4 is 35.3 Å². The van der Waals surface area contributed by atoms with Crippen molar-refractivity contribution < 1.29 is 9.53 Å². The molecule has 0 aromatic carbocycles. The molecule has 0 aliphatic carbocycles. The van der Waals surface area contributed by atoms with Gasteiger partial charge in [0.1, 0.15) is 16.6 Å². The molecule has 128 valence electrons. The highest BCUT2D eigenvalue weighted by atomic mass is 35.5. The second-order valence-electron chi connectivity index (χ2n) is 6.41. The van der Waals surface area contributed by atoms with Crippen molar-refractivity contribution in [3.8, 4) is 0 Å². The number of nitrogens with zero attached hydrogens (tertiary/aromatic N) is 3. The minimum Gasteiger partial charge on any atom is -0.444 e. The summed E-state index contributed by atoms with van der Waals surface area (Å²) in [6.45, 7) is 6.96. The molecule has 8 heteroatoms. The number of hydrogen-bond acceptors (Lipinski definition) is 6. The molecular formula is C15H23ClN4O2S. The fraction of sp³-hybridized carbons (Fsp3) is 0.667. The van der Waals surface area contributed by atoms with Crippen LogP contribution in [0, 0.1) is 0 Å². The van der Waals surface area contributed by atoms with Crippen molar-refractivity contribution in [1.82, 2.24) is 14.9 Å². The number of rotatable bonds is 4.